The van der Waals surface area contributed by atoms with Crippen molar-refractivity contribution in [2.45, 2.75) is 193 Å². The summed E-state index contributed by atoms with van der Waals surface area (Å²) in [7, 11) is 3.35. The van der Waals surface area contributed by atoms with E-state index in [9.17, 15) is 38.4 Å². The van der Waals surface area contributed by atoms with Crippen molar-refractivity contribution in [1.82, 2.24) is 71.7 Å². The van der Waals surface area contributed by atoms with Crippen LogP contribution in [0.1, 0.15) is 185 Å². The van der Waals surface area contributed by atoms with Crippen LogP contribution in [0.3, 0.4) is 0 Å². The highest BCUT2D eigenvalue weighted by atomic mass is 16.2. The van der Waals surface area contributed by atoms with Crippen LogP contribution in [0.15, 0.2) is 85.2 Å². The number of likely N-dealkylation sites (tertiary alicyclic amines) is 2. The van der Waals surface area contributed by atoms with Crippen molar-refractivity contribution >= 4 is 47.0 Å². The molecule has 2 saturated heterocycles. The molecular weight excluding hydrogens is 1120 g/mol. The van der Waals surface area contributed by atoms with Crippen LogP contribution in [0.5, 0.6) is 0 Å². The molecule has 2 fully saturated rings. The summed E-state index contributed by atoms with van der Waals surface area (Å²) in [4.78, 5) is 116. The summed E-state index contributed by atoms with van der Waals surface area (Å²) in [5.41, 5.74) is 4.95. The maximum atomic E-state index is 14.7. The zero-order chi connectivity index (χ0) is 63.2. The molecule has 2 aliphatic carbocycles. The quantitative estimate of drug-likeness (QED) is 0.0471. The fourth-order valence-electron chi connectivity index (χ4n) is 12.6. The number of likely N-dealkylation sites (N-methyl/N-ethyl adjacent to an activating group) is 2. The van der Waals surface area contributed by atoms with E-state index in [0.29, 0.717) is 22.5 Å². The molecule has 2 aliphatic heterocycles. The summed E-state index contributed by atoms with van der Waals surface area (Å²) in [6, 6.07) is 16.8. The predicted molar refractivity (Wildman–Crippen MR) is 330 cm³/mol. The summed E-state index contributed by atoms with van der Waals surface area (Å²) in [6.45, 7) is 15.0. The molecule has 22 heteroatoms. The van der Waals surface area contributed by atoms with Crippen LogP contribution < -0.4 is 31.9 Å². The summed E-state index contributed by atoms with van der Waals surface area (Å²) in [5.74, 6) is -2.37. The van der Waals surface area contributed by atoms with Crippen molar-refractivity contribution in [2.75, 3.05) is 27.2 Å². The van der Waals surface area contributed by atoms with Gasteiger partial charge in [-0.1, -0.05) is 119 Å². The van der Waals surface area contributed by atoms with Crippen LogP contribution in [0.2, 0.25) is 0 Å². The van der Waals surface area contributed by atoms with Crippen LogP contribution in [0.25, 0.3) is 0 Å². The van der Waals surface area contributed by atoms with Crippen molar-refractivity contribution in [2.24, 2.45) is 10.8 Å². The second-order valence-electron chi connectivity index (χ2n) is 26.5. The molecule has 6 amide bonds. The molecule has 5 aromatic rings. The van der Waals surface area contributed by atoms with Gasteiger partial charge in [-0.05, 0) is 106 Å². The molecule has 9 rings (SSSR count). The highest BCUT2D eigenvalue weighted by molar-refractivity contribution is 6.01. The monoisotopic (exact) mass is 1200 g/mol. The lowest BCUT2D eigenvalue weighted by Gasteiger charge is -2.36. The third-order valence-electron chi connectivity index (χ3n) is 18.1. The van der Waals surface area contributed by atoms with Crippen LogP contribution >= 0.6 is 0 Å². The molecule has 0 radical (unpaired) electrons. The number of aromatic nitrogens is 6. The number of carbonyl (C=O) groups is 8. The third kappa shape index (κ3) is 14.9. The fraction of sp³-hybridized carbons (Fsp3) is 0.545. The lowest BCUT2D eigenvalue weighted by atomic mass is 9.85. The SMILES string of the molecule is CN[C@@H](C)C(=O)N[C@H](C(=O)N1C[C@@H](n2cc(CCC(=O)c3cccc(C(=O)CCc4cn([C@H]5C[C@@H](C(=O)N[C@@H]6CCCc7ccccc76)N(C(=O)[C@@H](NC(=O)[C@H](C)NC)C(C)(C)C)C5)nn4)c3)nn2)C[C@H]1C(=O)N[C@@H]1CCCc2ccccc21)C(C)(C)C. The van der Waals surface area contributed by atoms with Crippen LogP contribution in [-0.2, 0) is 54.5 Å². The minimum absolute atomic E-state index is 0.0723. The van der Waals surface area contributed by atoms with Gasteiger partial charge in [0.05, 0.1) is 47.6 Å². The first-order valence-electron chi connectivity index (χ1n) is 31.2. The summed E-state index contributed by atoms with van der Waals surface area (Å²) in [5, 5.41) is 36.0. The molecule has 6 N–H and O–H groups in total. The largest absolute Gasteiger partial charge is 0.347 e. The number of benzene rings is 3. The van der Waals surface area contributed by atoms with Gasteiger partial charge < -0.3 is 41.7 Å². The number of nitrogens with one attached hydrogen (secondary N) is 6. The Bertz CT molecular complexity index is 3160. The van der Waals surface area contributed by atoms with Gasteiger partial charge in [-0.3, -0.25) is 38.4 Å². The molecule has 22 nitrogen and oxygen atoms in total. The Morgan fingerprint density at radius 3 is 1.34 bits per heavy atom. The molecule has 2 aromatic heterocycles. The maximum Gasteiger partial charge on any atom is 0.246 e. The van der Waals surface area contributed by atoms with E-state index in [1.807, 2.05) is 77.9 Å². The van der Waals surface area contributed by atoms with Crippen LogP contribution in [0, 0.1) is 10.8 Å². The zero-order valence-electron chi connectivity index (χ0n) is 52.6. The molecule has 0 bridgehead atoms. The number of ketones is 2. The first-order valence-corrected chi connectivity index (χ1v) is 31.2. The second-order valence-corrected chi connectivity index (χ2v) is 26.5. The summed E-state index contributed by atoms with van der Waals surface area (Å²) in [6.07, 6.45) is 9.85. The van der Waals surface area contributed by atoms with E-state index >= 15 is 0 Å². The number of Topliss-reactive ketones (excluding diaryl/α,β-unsaturated/α-hetero) is 2. The van der Waals surface area contributed by atoms with Crippen molar-refractivity contribution < 1.29 is 38.4 Å². The van der Waals surface area contributed by atoms with Gasteiger partial charge in [0.25, 0.3) is 0 Å². The van der Waals surface area contributed by atoms with Gasteiger partial charge in [-0.25, -0.2) is 9.36 Å². The Balaban J connectivity index is 0.832. The number of carbonyl (C=O) groups excluding carboxylic acids is 8. The number of aryl methyl sites for hydroxylation is 4. The molecule has 88 heavy (non-hydrogen) atoms. The lowest BCUT2D eigenvalue weighted by molar-refractivity contribution is -0.144. The number of nitrogens with zero attached hydrogens (tertiary/aromatic N) is 8. The Kier molecular flexibility index (Phi) is 20.2. The number of amides is 6. The lowest BCUT2D eigenvalue weighted by Crippen LogP contribution is -2.59. The van der Waals surface area contributed by atoms with Gasteiger partial charge in [0, 0.05) is 75.1 Å². The van der Waals surface area contributed by atoms with E-state index in [2.05, 4.69) is 64.7 Å². The Morgan fingerprint density at radius 1 is 0.557 bits per heavy atom. The number of hydrogen-bond acceptors (Lipinski definition) is 14. The Hall–Kier alpha value is -7.98. The second kappa shape index (κ2) is 27.6. The molecular formula is C66H88N14O8. The normalized spacial score (nSPS) is 21.5. The molecule has 4 aliphatic rings. The van der Waals surface area contributed by atoms with Crippen LogP contribution in [-0.4, -0.2) is 150 Å². The minimum Gasteiger partial charge on any atom is -0.347 e. The van der Waals surface area contributed by atoms with E-state index in [1.165, 1.54) is 11.1 Å². The van der Waals surface area contributed by atoms with Gasteiger partial charge in [0.1, 0.15) is 24.2 Å². The van der Waals surface area contributed by atoms with Gasteiger partial charge in [0.2, 0.25) is 35.4 Å². The average Bonchev–Trinajstić information content (AvgIpc) is 1.90. The Morgan fingerprint density at radius 2 is 0.955 bits per heavy atom. The first-order chi connectivity index (χ1) is 41.9. The average molecular weight is 1210 g/mol. The van der Waals surface area contributed by atoms with Gasteiger partial charge in [0.15, 0.2) is 11.6 Å². The number of hydrogen-bond donors (Lipinski definition) is 6. The van der Waals surface area contributed by atoms with E-state index in [0.717, 1.165) is 49.7 Å². The first kappa shape index (κ1) is 64.5. The van der Waals surface area contributed by atoms with Crippen molar-refractivity contribution in [3.05, 3.63) is 130 Å². The number of fused-ring (bicyclic) bond motifs is 2. The predicted octanol–water partition coefficient (Wildman–Crippen LogP) is 5.45. The van der Waals surface area contributed by atoms with E-state index in [4.69, 9.17) is 0 Å². The number of rotatable bonds is 22. The van der Waals surface area contributed by atoms with Crippen molar-refractivity contribution in [1.29, 1.82) is 0 Å². The van der Waals surface area contributed by atoms with Gasteiger partial charge >= 0.3 is 0 Å². The van der Waals surface area contributed by atoms with Gasteiger partial charge in [-0.2, -0.15) is 0 Å². The highest BCUT2D eigenvalue weighted by Gasteiger charge is 2.48. The summed E-state index contributed by atoms with van der Waals surface area (Å²) >= 11 is 0. The van der Waals surface area contributed by atoms with Gasteiger partial charge in [-0.15, -0.1) is 10.2 Å². The molecule has 4 heterocycles. The smallest absolute Gasteiger partial charge is 0.246 e. The maximum absolute atomic E-state index is 14.7. The molecule has 470 valence electrons. The summed E-state index contributed by atoms with van der Waals surface area (Å²) < 4.78 is 3.31. The van der Waals surface area contributed by atoms with Crippen molar-refractivity contribution in [3.8, 4) is 0 Å². The molecule has 0 unspecified atom stereocenters. The highest BCUT2D eigenvalue weighted by Crippen LogP contribution is 2.36. The van der Waals surface area contributed by atoms with E-state index in [-0.39, 0.29) is 111 Å². The molecule has 0 saturated carbocycles. The molecule has 10 atom stereocenters. The topological polar surface area (TPSA) is 277 Å². The minimum atomic E-state index is -0.935. The van der Waals surface area contributed by atoms with Crippen molar-refractivity contribution in [3.63, 3.8) is 0 Å². The standard InChI is InChI=1S/C66H88N14O8/c1-39(67-9)59(83)71-57(65(3,4)5)63(87)77-37-47(33-53(77)61(85)69-51-26-16-20-41-18-11-13-24-49(41)51)79-35-45(73-75-79)28-30-55(81)43-22-15-23-44(32-43)56(82)31-29-46-36-80(76-74-46)48-34-54(62(86)70-52-27-17-21-42-19-12-14-25-50(42)52)78(38-48)64(88)58(66(6,7)8)72-60(84)40(2)68-10/h11-15,18-19,22-25,32,35-36,39-40,47-48,51-54,57-58,67-68H,16-17,20-21,26-31,33-34,37-38H2,1-10H3,(H,69,85)(H,70,86)(H,71,83)(H,72,84)/t39-,40-,47-,48-,51+,52+,53-,54-,57+,58+/m0/s1. The molecule has 0 spiro atoms. The fourth-order valence-corrected chi connectivity index (χ4v) is 12.6. The van der Waals surface area contributed by atoms with E-state index < -0.39 is 59.2 Å². The third-order valence-corrected chi connectivity index (χ3v) is 18.1. The van der Waals surface area contributed by atoms with Crippen LogP contribution in [0.4, 0.5) is 0 Å². The zero-order valence-corrected chi connectivity index (χ0v) is 52.6. The van der Waals surface area contributed by atoms with E-state index in [1.54, 1.807) is 83.8 Å². The molecule has 3 aromatic carbocycles. The Labute approximate surface area is 515 Å².